The van der Waals surface area contributed by atoms with E-state index in [9.17, 15) is 18.0 Å². The third-order valence-corrected chi connectivity index (χ3v) is 5.37. The van der Waals surface area contributed by atoms with Crippen molar-refractivity contribution in [2.75, 3.05) is 19.6 Å². The van der Waals surface area contributed by atoms with Gasteiger partial charge in [0.05, 0.1) is 11.9 Å². The van der Waals surface area contributed by atoms with Crippen molar-refractivity contribution in [3.8, 4) is 0 Å². The molecule has 1 amide bonds. The molecule has 1 fully saturated rings. The minimum atomic E-state index is -4.46. The Hall–Kier alpha value is -2.09. The van der Waals surface area contributed by atoms with Crippen molar-refractivity contribution in [3.05, 3.63) is 51.1 Å². The molecule has 3 heterocycles. The number of halogens is 3. The number of carbonyl (C=O) groups excluding carboxylic acids is 1. The van der Waals surface area contributed by atoms with E-state index in [0.717, 1.165) is 42.7 Å². The van der Waals surface area contributed by atoms with Crippen molar-refractivity contribution >= 4 is 17.7 Å². The van der Waals surface area contributed by atoms with Crippen molar-refractivity contribution in [2.24, 2.45) is 5.92 Å². The van der Waals surface area contributed by atoms with Gasteiger partial charge in [0.25, 0.3) is 0 Å². The standard InChI is InChI=1S/C19H21F3N4OS/c1-12-5-16(28-18(6-12)25-13(2)27)11-26-4-3-14(10-26)7-15-8-24-17(9-23-15)19(20,21)22/h5,8-9,14H,3-4,7,10-11H2,1-2H3,(H,25,27). The molecule has 0 aliphatic carbocycles. The van der Waals surface area contributed by atoms with Gasteiger partial charge in [-0.15, -0.1) is 0 Å². The van der Waals surface area contributed by atoms with Crippen LogP contribution >= 0.6 is 11.8 Å². The van der Waals surface area contributed by atoms with Crippen LogP contribution in [0, 0.1) is 5.92 Å². The first kappa shape index (κ1) is 20.6. The van der Waals surface area contributed by atoms with Crippen LogP contribution in [-0.2, 0) is 17.4 Å². The highest BCUT2D eigenvalue weighted by atomic mass is 32.2. The number of hydrogen-bond acceptors (Lipinski definition) is 5. The molecule has 1 saturated heterocycles. The van der Waals surface area contributed by atoms with Gasteiger partial charge in [0.1, 0.15) is 5.03 Å². The average molecular weight is 410 g/mol. The minimum Gasteiger partial charge on any atom is -0.314 e. The second-order valence-corrected chi connectivity index (χ2v) is 8.15. The zero-order valence-electron chi connectivity index (χ0n) is 15.6. The number of aromatic nitrogens is 2. The number of nitrogens with one attached hydrogen (secondary N) is 1. The molecule has 9 heteroatoms. The van der Waals surface area contributed by atoms with Gasteiger partial charge in [-0.2, -0.15) is 13.2 Å². The summed E-state index contributed by atoms with van der Waals surface area (Å²) in [5, 5.41) is 3.48. The van der Waals surface area contributed by atoms with E-state index in [1.807, 2.05) is 6.92 Å². The van der Waals surface area contributed by atoms with Crippen LogP contribution < -0.4 is 5.32 Å². The summed E-state index contributed by atoms with van der Waals surface area (Å²) in [6.45, 7) is 5.94. The van der Waals surface area contributed by atoms with Gasteiger partial charge < -0.3 is 5.32 Å². The van der Waals surface area contributed by atoms with Crippen molar-refractivity contribution in [1.29, 1.82) is 0 Å². The molecule has 1 N–H and O–H groups in total. The Morgan fingerprint density at radius 2 is 2.18 bits per heavy atom. The summed E-state index contributed by atoms with van der Waals surface area (Å²) in [6, 6.07) is 0. The maximum Gasteiger partial charge on any atom is 0.434 e. The molecule has 1 unspecified atom stereocenters. The fourth-order valence-electron chi connectivity index (χ4n) is 3.28. The summed E-state index contributed by atoms with van der Waals surface area (Å²) in [4.78, 5) is 22.1. The minimum absolute atomic E-state index is 0.122. The fraction of sp³-hybridized carbons (Fsp3) is 0.474. The van der Waals surface area contributed by atoms with Crippen molar-refractivity contribution < 1.29 is 18.0 Å². The molecule has 1 aromatic rings. The molecular weight excluding hydrogens is 389 g/mol. The van der Waals surface area contributed by atoms with Gasteiger partial charge >= 0.3 is 6.18 Å². The molecular formula is C19H21F3N4OS. The summed E-state index contributed by atoms with van der Waals surface area (Å²) in [6.07, 6.45) is 1.21. The third-order valence-electron chi connectivity index (χ3n) is 4.45. The maximum atomic E-state index is 12.6. The highest BCUT2D eigenvalue weighted by molar-refractivity contribution is 8.06. The molecule has 2 aliphatic rings. The van der Waals surface area contributed by atoms with E-state index in [1.54, 1.807) is 0 Å². The van der Waals surface area contributed by atoms with Crippen LogP contribution in [0.15, 0.2) is 39.7 Å². The van der Waals surface area contributed by atoms with Gasteiger partial charge in [-0.1, -0.05) is 17.5 Å². The molecule has 0 spiro atoms. The number of hydrogen-bond donors (Lipinski definition) is 1. The molecule has 1 aromatic heterocycles. The van der Waals surface area contributed by atoms with E-state index in [0.29, 0.717) is 23.1 Å². The summed E-state index contributed by atoms with van der Waals surface area (Å²) in [7, 11) is 0. The Morgan fingerprint density at radius 3 is 2.82 bits per heavy atom. The van der Waals surface area contributed by atoms with E-state index in [1.165, 1.54) is 24.9 Å². The van der Waals surface area contributed by atoms with E-state index >= 15 is 0 Å². The lowest BCUT2D eigenvalue weighted by atomic mass is 10.0. The van der Waals surface area contributed by atoms with Crippen molar-refractivity contribution in [1.82, 2.24) is 20.2 Å². The number of alkyl halides is 3. The Morgan fingerprint density at radius 1 is 1.39 bits per heavy atom. The third kappa shape index (κ3) is 5.70. The molecule has 0 bridgehead atoms. The Bertz CT molecular complexity index is 842. The summed E-state index contributed by atoms with van der Waals surface area (Å²) in [5.41, 5.74) is 3.72. The van der Waals surface area contributed by atoms with Crippen LogP contribution in [0.5, 0.6) is 0 Å². The predicted molar refractivity (Wildman–Crippen MR) is 101 cm³/mol. The molecule has 0 saturated carbocycles. The van der Waals surface area contributed by atoms with Gasteiger partial charge in [-0.05, 0) is 43.9 Å². The van der Waals surface area contributed by atoms with E-state index < -0.39 is 11.9 Å². The lowest BCUT2D eigenvalue weighted by Crippen LogP contribution is -2.24. The zero-order valence-corrected chi connectivity index (χ0v) is 16.5. The molecule has 3 rings (SSSR count). The van der Waals surface area contributed by atoms with Gasteiger partial charge in [0, 0.05) is 31.1 Å². The first-order valence-electron chi connectivity index (χ1n) is 8.93. The maximum absolute atomic E-state index is 12.6. The molecule has 2 aliphatic heterocycles. The smallest absolute Gasteiger partial charge is 0.314 e. The first-order chi connectivity index (χ1) is 13.2. The Labute approximate surface area is 165 Å². The summed E-state index contributed by atoms with van der Waals surface area (Å²) >= 11 is 1.50. The predicted octanol–water partition coefficient (Wildman–Crippen LogP) is 3.51. The van der Waals surface area contributed by atoms with Crippen LogP contribution in [-0.4, -0.2) is 40.4 Å². The van der Waals surface area contributed by atoms with Gasteiger partial charge in [-0.25, -0.2) is 4.98 Å². The zero-order chi connectivity index (χ0) is 20.3. The van der Waals surface area contributed by atoms with Crippen molar-refractivity contribution in [3.63, 3.8) is 0 Å². The molecule has 150 valence electrons. The summed E-state index contributed by atoms with van der Waals surface area (Å²) < 4.78 is 37.7. The molecule has 1 atom stereocenters. The van der Waals surface area contributed by atoms with Crippen LogP contribution in [0.3, 0.4) is 0 Å². The molecule has 0 aromatic carbocycles. The molecule has 5 nitrogen and oxygen atoms in total. The van der Waals surface area contributed by atoms with Gasteiger partial charge in [-0.3, -0.25) is 14.7 Å². The van der Waals surface area contributed by atoms with Crippen LogP contribution in [0.1, 0.15) is 31.7 Å². The van der Waals surface area contributed by atoms with Crippen LogP contribution in [0.2, 0.25) is 0 Å². The monoisotopic (exact) mass is 410 g/mol. The number of likely N-dealkylation sites (tertiary alicyclic amines) is 1. The number of carbonyl (C=O) groups is 1. The SMILES string of the molecule is CC(=O)NC1=C=C(C)C=C(CN2CCC(Cc3cnc(C(F)(F)F)cn3)C2)S1. The normalized spacial score (nSPS) is 20.5. The second kappa shape index (κ2) is 8.51. The number of allylic oxidation sites excluding steroid dienone is 2. The number of rotatable bonds is 5. The Balaban J connectivity index is 1.52. The number of nitrogens with zero attached hydrogens (tertiary/aromatic N) is 3. The number of amides is 1. The molecule has 28 heavy (non-hydrogen) atoms. The highest BCUT2D eigenvalue weighted by Gasteiger charge is 2.33. The van der Waals surface area contributed by atoms with Gasteiger partial charge in [0.15, 0.2) is 5.69 Å². The Kier molecular flexibility index (Phi) is 6.27. The van der Waals surface area contributed by atoms with E-state index in [4.69, 9.17) is 0 Å². The lowest BCUT2D eigenvalue weighted by molar-refractivity contribution is -0.141. The first-order valence-corrected chi connectivity index (χ1v) is 9.74. The van der Waals surface area contributed by atoms with E-state index in [-0.39, 0.29) is 5.91 Å². The lowest BCUT2D eigenvalue weighted by Gasteiger charge is -2.20. The summed E-state index contributed by atoms with van der Waals surface area (Å²) in [5.74, 6) is 0.213. The molecule has 0 radical (unpaired) electrons. The fourth-order valence-corrected chi connectivity index (χ4v) is 4.43. The van der Waals surface area contributed by atoms with Crippen LogP contribution in [0.4, 0.5) is 13.2 Å². The largest absolute Gasteiger partial charge is 0.434 e. The van der Waals surface area contributed by atoms with Gasteiger partial charge in [0.2, 0.25) is 5.91 Å². The number of thioether (sulfide) groups is 1. The quantitative estimate of drug-likeness (QED) is 0.753. The highest BCUT2D eigenvalue weighted by Crippen LogP contribution is 2.31. The van der Waals surface area contributed by atoms with Crippen LogP contribution in [0.25, 0.3) is 0 Å². The topological polar surface area (TPSA) is 58.1 Å². The second-order valence-electron chi connectivity index (χ2n) is 7.02. The van der Waals surface area contributed by atoms with E-state index in [2.05, 4.69) is 32.0 Å². The van der Waals surface area contributed by atoms with Crippen molar-refractivity contribution in [2.45, 2.75) is 32.9 Å². The average Bonchev–Trinajstić information content (AvgIpc) is 3.00.